The summed E-state index contributed by atoms with van der Waals surface area (Å²) in [5.41, 5.74) is 2.94. The summed E-state index contributed by atoms with van der Waals surface area (Å²) >= 11 is 0. The molecule has 2 aromatic carbocycles. The summed E-state index contributed by atoms with van der Waals surface area (Å²) in [5, 5.41) is 13.2. The summed E-state index contributed by atoms with van der Waals surface area (Å²) in [4.78, 5) is 11.4. The van der Waals surface area contributed by atoms with E-state index in [1.165, 1.54) is 6.92 Å². The number of ketones is 1. The smallest absolute Gasteiger partial charge is 0.153 e. The van der Waals surface area contributed by atoms with E-state index >= 15 is 0 Å². The van der Waals surface area contributed by atoms with Crippen molar-refractivity contribution < 1.29 is 9.44 Å². The molecule has 0 bridgehead atoms. The van der Waals surface area contributed by atoms with E-state index in [2.05, 4.69) is 0 Å². The monoisotopic (exact) mass is 293 g/mol. The lowest BCUT2D eigenvalue weighted by Gasteiger charge is -2.58. The Bertz CT molecular complexity index is 694. The number of nitrogens with zero attached hydrogens (tertiary/aromatic N) is 1. The lowest BCUT2D eigenvalue weighted by Crippen LogP contribution is -2.56. The number of quaternary nitrogens is 1. The second kappa shape index (κ2) is 5.87. The molecule has 0 radical (unpaired) electrons. The van der Waals surface area contributed by atoms with Gasteiger partial charge in [-0.3, -0.25) is 4.79 Å². The molecular formula is C19H19NO2. The van der Waals surface area contributed by atoms with Gasteiger partial charge >= 0.3 is 0 Å². The number of carbonyl (C=O) groups is 1. The van der Waals surface area contributed by atoms with Gasteiger partial charge in [0.2, 0.25) is 0 Å². The van der Waals surface area contributed by atoms with Gasteiger partial charge in [0, 0.05) is 16.7 Å². The average molecular weight is 293 g/mol. The highest BCUT2D eigenvalue weighted by Gasteiger charge is 2.45. The molecule has 112 valence electrons. The summed E-state index contributed by atoms with van der Waals surface area (Å²) in [6, 6.07) is 19.3. The second-order valence-electron chi connectivity index (χ2n) is 5.90. The number of allylic oxidation sites excluding steroid dienone is 1. The third-order valence-electron chi connectivity index (χ3n) is 4.07. The van der Waals surface area contributed by atoms with Gasteiger partial charge in [0.15, 0.2) is 5.78 Å². The number of hydrogen-bond acceptors (Lipinski definition) is 2. The van der Waals surface area contributed by atoms with Gasteiger partial charge in [-0.05, 0) is 13.0 Å². The first-order valence-corrected chi connectivity index (χ1v) is 7.46. The fourth-order valence-corrected chi connectivity index (χ4v) is 3.22. The largest absolute Gasteiger partial charge is 0.632 e. The molecule has 0 saturated carbocycles. The zero-order chi connectivity index (χ0) is 15.6. The van der Waals surface area contributed by atoms with Crippen LogP contribution in [0.1, 0.15) is 24.1 Å². The minimum Gasteiger partial charge on any atom is -0.632 e. The number of hydrogen-bond donors (Lipinski definition) is 0. The van der Waals surface area contributed by atoms with E-state index in [0.717, 1.165) is 16.7 Å². The topological polar surface area (TPSA) is 40.1 Å². The molecule has 2 unspecified atom stereocenters. The zero-order valence-electron chi connectivity index (χ0n) is 12.6. The van der Waals surface area contributed by atoms with Crippen LogP contribution in [-0.4, -0.2) is 17.0 Å². The van der Waals surface area contributed by atoms with Crippen LogP contribution in [0.4, 0.5) is 0 Å². The third-order valence-corrected chi connectivity index (χ3v) is 4.07. The number of carbonyl (C=O) groups excluding carboxylic acids is 1. The molecule has 1 fully saturated rings. The molecule has 3 nitrogen and oxygen atoms in total. The summed E-state index contributed by atoms with van der Waals surface area (Å²) in [5.74, 6) is 0.00175. The Kier molecular flexibility index (Phi) is 3.92. The van der Waals surface area contributed by atoms with Crippen molar-refractivity contribution in [3.63, 3.8) is 0 Å². The Morgan fingerprint density at radius 1 is 1.14 bits per heavy atom. The van der Waals surface area contributed by atoms with Crippen molar-refractivity contribution in [1.82, 2.24) is 0 Å². The summed E-state index contributed by atoms with van der Waals surface area (Å²) in [6.45, 7) is 2.34. The minimum absolute atomic E-state index is 0.00175. The maximum atomic E-state index is 13.2. The minimum atomic E-state index is -0.326. The van der Waals surface area contributed by atoms with E-state index in [9.17, 15) is 10.0 Å². The molecule has 1 heterocycles. The van der Waals surface area contributed by atoms with Gasteiger partial charge in [-0.1, -0.05) is 60.7 Å². The molecular weight excluding hydrogens is 274 g/mol. The van der Waals surface area contributed by atoms with Crippen molar-refractivity contribution in [3.8, 4) is 0 Å². The van der Waals surface area contributed by atoms with E-state index in [1.807, 2.05) is 60.7 Å². The Labute approximate surface area is 130 Å². The molecule has 22 heavy (non-hydrogen) atoms. The van der Waals surface area contributed by atoms with Gasteiger partial charge in [-0.2, -0.15) is 0 Å². The summed E-state index contributed by atoms with van der Waals surface area (Å²) < 4.78 is -0.326. The standard InChI is InChI=1S/C19H19NO2/c1-15(21)12-18-14-20(22,13-16-8-4-2-5-9-16)19(18)17-10-6-3-7-11-17/h2-12,19H,13-14H2,1H3/b18-12-. The van der Waals surface area contributed by atoms with Crippen LogP contribution < -0.4 is 0 Å². The number of benzene rings is 2. The van der Waals surface area contributed by atoms with Crippen LogP contribution in [0.5, 0.6) is 0 Å². The van der Waals surface area contributed by atoms with Gasteiger partial charge in [-0.25, -0.2) is 0 Å². The molecule has 0 aromatic heterocycles. The van der Waals surface area contributed by atoms with Gasteiger partial charge < -0.3 is 9.85 Å². The lowest BCUT2D eigenvalue weighted by molar-refractivity contribution is -0.946. The maximum absolute atomic E-state index is 13.2. The zero-order valence-corrected chi connectivity index (χ0v) is 12.6. The summed E-state index contributed by atoms with van der Waals surface area (Å²) in [6.07, 6.45) is 1.62. The van der Waals surface area contributed by atoms with Gasteiger partial charge in [0.05, 0.1) is 0 Å². The van der Waals surface area contributed by atoms with Crippen LogP contribution in [0.2, 0.25) is 0 Å². The van der Waals surface area contributed by atoms with Crippen molar-refractivity contribution in [1.29, 1.82) is 0 Å². The highest BCUT2D eigenvalue weighted by atomic mass is 16.6. The molecule has 2 atom stereocenters. The molecule has 2 aromatic rings. The van der Waals surface area contributed by atoms with E-state index in [0.29, 0.717) is 13.1 Å². The van der Waals surface area contributed by atoms with Gasteiger partial charge in [0.1, 0.15) is 19.1 Å². The maximum Gasteiger partial charge on any atom is 0.153 e. The molecule has 0 spiro atoms. The molecule has 1 saturated heterocycles. The normalized spacial score (nSPS) is 25.7. The van der Waals surface area contributed by atoms with E-state index < -0.39 is 0 Å². The predicted molar refractivity (Wildman–Crippen MR) is 86.6 cm³/mol. The van der Waals surface area contributed by atoms with E-state index in [1.54, 1.807) is 6.08 Å². The molecule has 0 aliphatic carbocycles. The first-order valence-electron chi connectivity index (χ1n) is 7.46. The molecule has 0 amide bonds. The number of likely N-dealkylation sites (tertiary alicyclic amines) is 1. The molecule has 1 aliphatic rings. The molecule has 0 N–H and O–H groups in total. The number of rotatable bonds is 4. The molecule has 3 rings (SSSR count). The highest BCUT2D eigenvalue weighted by Crippen LogP contribution is 2.46. The Hall–Kier alpha value is -2.23. The first kappa shape index (κ1) is 14.7. The van der Waals surface area contributed by atoms with Crippen molar-refractivity contribution in [3.05, 3.63) is 88.6 Å². The van der Waals surface area contributed by atoms with Crippen LogP contribution >= 0.6 is 0 Å². The van der Waals surface area contributed by atoms with Crippen LogP contribution in [0.25, 0.3) is 0 Å². The Morgan fingerprint density at radius 2 is 1.73 bits per heavy atom. The van der Waals surface area contributed by atoms with Crippen molar-refractivity contribution in [2.45, 2.75) is 19.5 Å². The fraction of sp³-hybridized carbons (Fsp3) is 0.211. The predicted octanol–water partition coefficient (Wildman–Crippen LogP) is 3.77. The summed E-state index contributed by atoms with van der Waals surface area (Å²) in [7, 11) is 0. The van der Waals surface area contributed by atoms with Gasteiger partial charge in [0.25, 0.3) is 0 Å². The van der Waals surface area contributed by atoms with Crippen LogP contribution in [0.3, 0.4) is 0 Å². The van der Waals surface area contributed by atoms with Gasteiger partial charge in [-0.15, -0.1) is 0 Å². The van der Waals surface area contributed by atoms with Crippen molar-refractivity contribution in [2.75, 3.05) is 6.54 Å². The quantitative estimate of drug-likeness (QED) is 0.489. The van der Waals surface area contributed by atoms with Crippen LogP contribution in [0.15, 0.2) is 72.3 Å². The molecule has 1 aliphatic heterocycles. The second-order valence-corrected chi connectivity index (χ2v) is 5.90. The van der Waals surface area contributed by atoms with E-state index in [-0.39, 0.29) is 16.5 Å². The van der Waals surface area contributed by atoms with E-state index in [4.69, 9.17) is 0 Å². The Morgan fingerprint density at radius 3 is 2.32 bits per heavy atom. The fourth-order valence-electron chi connectivity index (χ4n) is 3.22. The number of hydroxylamine groups is 3. The van der Waals surface area contributed by atoms with Crippen molar-refractivity contribution in [2.24, 2.45) is 0 Å². The SMILES string of the molecule is CC(=O)/C=C1/C[N+]([O-])(Cc2ccccc2)C1c1ccccc1. The Balaban J connectivity index is 1.92. The first-order chi connectivity index (χ1) is 10.6. The van der Waals surface area contributed by atoms with Crippen LogP contribution in [-0.2, 0) is 11.3 Å². The third kappa shape index (κ3) is 2.86. The van der Waals surface area contributed by atoms with Crippen LogP contribution in [0, 0.1) is 5.21 Å². The lowest BCUT2D eigenvalue weighted by atomic mass is 9.86. The highest BCUT2D eigenvalue weighted by molar-refractivity contribution is 5.88. The average Bonchev–Trinajstić information content (AvgIpc) is 2.48. The van der Waals surface area contributed by atoms with Crippen molar-refractivity contribution >= 4 is 5.78 Å². The molecule has 3 heteroatoms.